The highest BCUT2D eigenvalue weighted by Crippen LogP contribution is 2.72. The lowest BCUT2D eigenvalue weighted by Crippen LogP contribution is -2.61. The summed E-state index contributed by atoms with van der Waals surface area (Å²) in [7, 11) is 0. The van der Waals surface area contributed by atoms with Crippen LogP contribution in [-0.4, -0.2) is 92.0 Å². The lowest BCUT2D eigenvalue weighted by molar-refractivity contribution is -0.310. The van der Waals surface area contributed by atoms with E-state index in [0.717, 1.165) is 32.1 Å². The quantitative estimate of drug-likeness (QED) is 0.317. The molecule has 5 rings (SSSR count). The van der Waals surface area contributed by atoms with Crippen molar-refractivity contribution in [3.63, 3.8) is 0 Å². The van der Waals surface area contributed by atoms with E-state index in [1.807, 2.05) is 13.8 Å². The SMILES string of the molecule is CC1(C)C(=O)[C@@H](O)C[C@]2(C)[C@@H]1CC[C@@]13C[C@@H](CC[C@H]12)[C@@](O)(CO[C@@H]1O[C@H](CO)[C@@H](O)[C@H](O)[C@H]1O)C3. The van der Waals surface area contributed by atoms with Gasteiger partial charge in [-0.15, -0.1) is 0 Å². The van der Waals surface area contributed by atoms with Gasteiger partial charge in [0.15, 0.2) is 12.1 Å². The molecule has 5 fully saturated rings. The Labute approximate surface area is 206 Å². The van der Waals surface area contributed by atoms with Crippen molar-refractivity contribution in [1.82, 2.24) is 0 Å². The molecular weight excluding hydrogens is 456 g/mol. The molecule has 1 spiro atoms. The van der Waals surface area contributed by atoms with E-state index in [-0.39, 0.29) is 41.0 Å². The summed E-state index contributed by atoms with van der Waals surface area (Å²) in [6.45, 7) is 5.57. The van der Waals surface area contributed by atoms with Gasteiger partial charge < -0.3 is 40.1 Å². The summed E-state index contributed by atoms with van der Waals surface area (Å²) in [4.78, 5) is 12.8. The minimum absolute atomic E-state index is 0.0203. The molecule has 1 saturated heterocycles. The molecule has 9 nitrogen and oxygen atoms in total. The van der Waals surface area contributed by atoms with E-state index in [1.165, 1.54) is 0 Å². The first-order valence-electron chi connectivity index (χ1n) is 13.2. The van der Waals surface area contributed by atoms with Crippen molar-refractivity contribution in [2.75, 3.05) is 13.2 Å². The van der Waals surface area contributed by atoms with Gasteiger partial charge in [-0.25, -0.2) is 0 Å². The fraction of sp³-hybridized carbons (Fsp3) is 0.962. The molecule has 0 aromatic rings. The van der Waals surface area contributed by atoms with E-state index in [0.29, 0.717) is 12.8 Å². The van der Waals surface area contributed by atoms with Crippen LogP contribution in [0.15, 0.2) is 0 Å². The summed E-state index contributed by atoms with van der Waals surface area (Å²) < 4.78 is 11.3. The highest BCUT2D eigenvalue weighted by Gasteiger charge is 2.69. The van der Waals surface area contributed by atoms with Gasteiger partial charge in [0.2, 0.25) is 0 Å². The second-order valence-electron chi connectivity index (χ2n) is 13.1. The van der Waals surface area contributed by atoms with Crippen molar-refractivity contribution in [3.8, 4) is 0 Å². The molecule has 0 aromatic carbocycles. The first-order chi connectivity index (χ1) is 16.3. The minimum atomic E-state index is -1.52. The number of ether oxygens (including phenoxy) is 2. The predicted octanol–water partition coefficient (Wildman–Crippen LogP) is 0.117. The lowest BCUT2D eigenvalue weighted by Gasteiger charge is -2.63. The van der Waals surface area contributed by atoms with Crippen LogP contribution in [0.3, 0.4) is 0 Å². The third kappa shape index (κ3) is 3.68. The highest BCUT2D eigenvalue weighted by atomic mass is 16.7. The van der Waals surface area contributed by atoms with Crippen LogP contribution in [0.4, 0.5) is 0 Å². The van der Waals surface area contributed by atoms with Crippen molar-refractivity contribution in [2.45, 2.75) is 108 Å². The fourth-order valence-corrected chi connectivity index (χ4v) is 9.40. The molecule has 1 heterocycles. The van der Waals surface area contributed by atoms with E-state index in [4.69, 9.17) is 9.47 Å². The maximum Gasteiger partial charge on any atom is 0.186 e. The number of Topliss-reactive ketones (excluding diaryl/α,β-unsaturated/α-hetero) is 1. The molecule has 1 aliphatic heterocycles. The maximum atomic E-state index is 12.8. The summed E-state index contributed by atoms with van der Waals surface area (Å²) in [5, 5.41) is 62.4. The molecule has 5 aliphatic rings. The molecule has 0 amide bonds. The Bertz CT molecular complexity index is 847. The number of hydrogen-bond donors (Lipinski definition) is 6. The van der Waals surface area contributed by atoms with E-state index >= 15 is 0 Å². The average Bonchev–Trinajstić information content (AvgIpc) is 3.00. The van der Waals surface area contributed by atoms with Gasteiger partial charge in [-0.1, -0.05) is 20.8 Å². The molecule has 12 atom stereocenters. The summed E-state index contributed by atoms with van der Waals surface area (Å²) in [5.74, 6) is 0.442. The van der Waals surface area contributed by atoms with Gasteiger partial charge in [-0.3, -0.25) is 4.79 Å². The van der Waals surface area contributed by atoms with Crippen molar-refractivity contribution >= 4 is 5.78 Å². The van der Waals surface area contributed by atoms with Crippen LogP contribution in [0.1, 0.15) is 65.7 Å². The standard InChI is InChI=1S/C26H42O9/c1-23(2)16-6-7-25-8-13(4-5-17(25)24(16,3)9-14(28)21(23)32)26(33,11-25)12-34-22-20(31)19(30)18(29)15(10-27)35-22/h13-20,22,27-31,33H,4-12H2,1-3H3/t13-,14+,15-,16-,17+,18-,19+,20-,22-,24-,25+,26+/m1/s1. The van der Waals surface area contributed by atoms with Gasteiger partial charge in [0.25, 0.3) is 0 Å². The Morgan fingerprint density at radius 3 is 2.37 bits per heavy atom. The van der Waals surface area contributed by atoms with Crippen LogP contribution in [-0.2, 0) is 14.3 Å². The van der Waals surface area contributed by atoms with Crippen LogP contribution in [0.2, 0.25) is 0 Å². The zero-order chi connectivity index (χ0) is 25.6. The smallest absolute Gasteiger partial charge is 0.186 e. The molecule has 200 valence electrons. The van der Waals surface area contributed by atoms with Gasteiger partial charge in [0.1, 0.15) is 30.5 Å². The molecule has 0 radical (unpaired) electrons. The van der Waals surface area contributed by atoms with E-state index in [9.17, 15) is 35.4 Å². The minimum Gasteiger partial charge on any atom is -0.394 e. The number of aliphatic hydroxyl groups is 6. The summed E-state index contributed by atoms with van der Waals surface area (Å²) in [6.07, 6.45) is -2.34. The molecule has 4 saturated carbocycles. The van der Waals surface area contributed by atoms with Gasteiger partial charge in [-0.2, -0.15) is 0 Å². The molecule has 6 N–H and O–H groups in total. The second kappa shape index (κ2) is 8.43. The van der Waals surface area contributed by atoms with Crippen LogP contribution >= 0.6 is 0 Å². The largest absolute Gasteiger partial charge is 0.394 e. The second-order valence-corrected chi connectivity index (χ2v) is 13.1. The van der Waals surface area contributed by atoms with Crippen LogP contribution in [0.25, 0.3) is 0 Å². The first-order valence-corrected chi connectivity index (χ1v) is 13.2. The molecule has 0 unspecified atom stereocenters. The predicted molar refractivity (Wildman–Crippen MR) is 123 cm³/mol. The molecule has 35 heavy (non-hydrogen) atoms. The fourth-order valence-electron chi connectivity index (χ4n) is 9.40. The summed E-state index contributed by atoms with van der Waals surface area (Å²) in [6, 6.07) is 0. The molecule has 4 aliphatic carbocycles. The Hall–Kier alpha value is -0.650. The van der Waals surface area contributed by atoms with E-state index < -0.39 is 54.4 Å². The number of carbonyl (C=O) groups excluding carboxylic acids is 1. The third-order valence-electron chi connectivity index (χ3n) is 10.9. The van der Waals surface area contributed by atoms with Gasteiger partial charge in [0, 0.05) is 5.41 Å². The monoisotopic (exact) mass is 498 g/mol. The number of fused-ring (bicyclic) bond motifs is 3. The van der Waals surface area contributed by atoms with Crippen molar-refractivity contribution in [1.29, 1.82) is 0 Å². The Kier molecular flexibility index (Phi) is 6.26. The number of carbonyl (C=O) groups is 1. The Morgan fingerprint density at radius 1 is 0.971 bits per heavy atom. The normalized spacial score (nSPS) is 55.3. The van der Waals surface area contributed by atoms with Gasteiger partial charge in [0.05, 0.1) is 18.8 Å². The number of aliphatic hydroxyl groups excluding tert-OH is 5. The molecule has 9 heteroatoms. The number of ketones is 1. The summed E-state index contributed by atoms with van der Waals surface area (Å²) >= 11 is 0. The van der Waals surface area contributed by atoms with Crippen molar-refractivity contribution < 1.29 is 44.9 Å². The number of hydrogen-bond acceptors (Lipinski definition) is 9. The first kappa shape index (κ1) is 26.0. The van der Waals surface area contributed by atoms with Crippen molar-refractivity contribution in [3.05, 3.63) is 0 Å². The highest BCUT2D eigenvalue weighted by molar-refractivity contribution is 5.89. The number of rotatable bonds is 4. The van der Waals surface area contributed by atoms with Crippen molar-refractivity contribution in [2.24, 2.45) is 34.0 Å². The average molecular weight is 499 g/mol. The van der Waals surface area contributed by atoms with Crippen LogP contribution < -0.4 is 0 Å². The maximum absolute atomic E-state index is 12.8. The van der Waals surface area contributed by atoms with Gasteiger partial charge >= 0.3 is 0 Å². The lowest BCUT2D eigenvalue weighted by atomic mass is 9.40. The molecule has 0 aromatic heterocycles. The third-order valence-corrected chi connectivity index (χ3v) is 10.9. The summed E-state index contributed by atoms with van der Waals surface area (Å²) in [5.41, 5.74) is -2.00. The van der Waals surface area contributed by atoms with E-state index in [1.54, 1.807) is 0 Å². The van der Waals surface area contributed by atoms with Gasteiger partial charge in [-0.05, 0) is 73.5 Å². The zero-order valence-electron chi connectivity index (χ0n) is 21.0. The molecular formula is C26H42O9. The molecule has 2 bridgehead atoms. The topological polar surface area (TPSA) is 157 Å². The van der Waals surface area contributed by atoms with Crippen LogP contribution in [0, 0.1) is 34.0 Å². The van der Waals surface area contributed by atoms with Crippen LogP contribution in [0.5, 0.6) is 0 Å². The Morgan fingerprint density at radius 2 is 1.69 bits per heavy atom. The zero-order valence-corrected chi connectivity index (χ0v) is 21.0. The van der Waals surface area contributed by atoms with E-state index in [2.05, 4.69) is 6.92 Å². The Balaban J connectivity index is 1.34.